The van der Waals surface area contributed by atoms with Gasteiger partial charge in [0.25, 0.3) is 0 Å². The van der Waals surface area contributed by atoms with E-state index in [-0.39, 0.29) is 6.10 Å². The molecule has 3 rings (SSSR count). The minimum atomic E-state index is -0.170. The Morgan fingerprint density at radius 3 is 2.79 bits per heavy atom. The summed E-state index contributed by atoms with van der Waals surface area (Å²) >= 11 is 0. The highest BCUT2D eigenvalue weighted by Crippen LogP contribution is 2.36. The summed E-state index contributed by atoms with van der Waals surface area (Å²) < 4.78 is 5.66. The maximum atomic E-state index is 9.48. The van der Waals surface area contributed by atoms with Crippen LogP contribution in [0.1, 0.15) is 42.8 Å². The van der Waals surface area contributed by atoms with E-state index in [1.165, 1.54) is 5.56 Å². The Hall–Kier alpha value is -2.14. The molecule has 128 valence electrons. The van der Waals surface area contributed by atoms with Gasteiger partial charge in [-0.25, -0.2) is 9.97 Å². The molecule has 0 saturated heterocycles. The van der Waals surface area contributed by atoms with E-state index in [9.17, 15) is 5.11 Å². The first-order valence-electron chi connectivity index (χ1n) is 8.64. The van der Waals surface area contributed by atoms with E-state index in [0.29, 0.717) is 12.5 Å². The van der Waals surface area contributed by atoms with Crippen molar-refractivity contribution >= 4 is 5.82 Å². The molecule has 1 saturated carbocycles. The van der Waals surface area contributed by atoms with Crippen LogP contribution in [0, 0.1) is 6.92 Å². The summed E-state index contributed by atoms with van der Waals surface area (Å²) in [5, 5.41) is 12.9. The van der Waals surface area contributed by atoms with E-state index in [1.807, 2.05) is 38.1 Å². The fourth-order valence-electron chi connectivity index (χ4n) is 3.05. The third kappa shape index (κ3) is 4.03. The van der Waals surface area contributed by atoms with E-state index < -0.39 is 0 Å². The number of hydrogen-bond acceptors (Lipinski definition) is 5. The summed E-state index contributed by atoms with van der Waals surface area (Å²) in [5.74, 6) is 2.93. The lowest BCUT2D eigenvalue weighted by Crippen LogP contribution is -2.27. The summed E-state index contributed by atoms with van der Waals surface area (Å²) in [4.78, 5) is 8.98. The molecule has 0 atom stereocenters. The molecule has 1 aliphatic carbocycles. The van der Waals surface area contributed by atoms with Crippen molar-refractivity contribution in [1.29, 1.82) is 0 Å². The fraction of sp³-hybridized carbons (Fsp3) is 0.474. The number of para-hydroxylation sites is 1. The zero-order valence-electron chi connectivity index (χ0n) is 14.3. The number of aryl methyl sites for hydroxylation is 1. The average molecular weight is 327 g/mol. The van der Waals surface area contributed by atoms with E-state index in [0.717, 1.165) is 48.9 Å². The van der Waals surface area contributed by atoms with E-state index in [2.05, 4.69) is 21.4 Å². The standard InChI is InChI=1S/C19H25N3O2/c1-3-24-18-7-5-4-6-14(18)8-9-20-19-12-17(21-13(2)22-19)15-10-16(23)11-15/h4-7,12,15-16,23H,3,8-11H2,1-2H3,(H,20,21,22). The molecule has 1 aliphatic rings. The van der Waals surface area contributed by atoms with Crippen LogP contribution in [0.3, 0.4) is 0 Å². The highest BCUT2D eigenvalue weighted by atomic mass is 16.5. The second-order valence-electron chi connectivity index (χ2n) is 6.26. The number of hydrogen-bond donors (Lipinski definition) is 2. The Morgan fingerprint density at radius 1 is 1.25 bits per heavy atom. The summed E-state index contributed by atoms with van der Waals surface area (Å²) in [6.45, 7) is 5.37. The van der Waals surface area contributed by atoms with E-state index in [1.54, 1.807) is 0 Å². The van der Waals surface area contributed by atoms with Crippen molar-refractivity contribution in [2.75, 3.05) is 18.5 Å². The second-order valence-corrected chi connectivity index (χ2v) is 6.26. The number of benzene rings is 1. The molecule has 1 heterocycles. The molecule has 2 N–H and O–H groups in total. The second kappa shape index (κ2) is 7.62. The molecule has 1 aromatic heterocycles. The van der Waals surface area contributed by atoms with Crippen molar-refractivity contribution in [3.63, 3.8) is 0 Å². The predicted molar refractivity (Wildman–Crippen MR) is 94.6 cm³/mol. The Bertz CT molecular complexity index is 684. The molecule has 0 unspecified atom stereocenters. The first-order valence-corrected chi connectivity index (χ1v) is 8.64. The van der Waals surface area contributed by atoms with Crippen molar-refractivity contribution < 1.29 is 9.84 Å². The SMILES string of the molecule is CCOc1ccccc1CCNc1cc(C2CC(O)C2)nc(C)n1. The summed E-state index contributed by atoms with van der Waals surface area (Å²) in [7, 11) is 0. The molecule has 0 aliphatic heterocycles. The minimum Gasteiger partial charge on any atom is -0.494 e. The van der Waals surface area contributed by atoms with Gasteiger partial charge in [0.05, 0.1) is 12.7 Å². The molecule has 24 heavy (non-hydrogen) atoms. The van der Waals surface area contributed by atoms with Crippen LogP contribution in [0.15, 0.2) is 30.3 Å². The summed E-state index contributed by atoms with van der Waals surface area (Å²) in [5.41, 5.74) is 2.23. The van der Waals surface area contributed by atoms with Gasteiger partial charge in [0, 0.05) is 24.2 Å². The molecule has 0 bridgehead atoms. The quantitative estimate of drug-likeness (QED) is 0.818. The van der Waals surface area contributed by atoms with Crippen LogP contribution < -0.4 is 10.1 Å². The lowest BCUT2D eigenvalue weighted by atomic mass is 9.80. The van der Waals surface area contributed by atoms with Gasteiger partial charge in [0.2, 0.25) is 0 Å². The van der Waals surface area contributed by atoms with Crippen LogP contribution >= 0.6 is 0 Å². The van der Waals surface area contributed by atoms with E-state index in [4.69, 9.17) is 4.74 Å². The van der Waals surface area contributed by atoms with Gasteiger partial charge in [-0.15, -0.1) is 0 Å². The van der Waals surface area contributed by atoms with Gasteiger partial charge in [-0.3, -0.25) is 0 Å². The fourth-order valence-corrected chi connectivity index (χ4v) is 3.05. The van der Waals surface area contributed by atoms with Crippen molar-refractivity contribution in [2.45, 2.75) is 45.1 Å². The molecule has 5 nitrogen and oxygen atoms in total. The highest BCUT2D eigenvalue weighted by Gasteiger charge is 2.30. The van der Waals surface area contributed by atoms with Crippen LogP contribution in [0.4, 0.5) is 5.82 Å². The number of anilines is 1. The molecule has 5 heteroatoms. The van der Waals surface area contributed by atoms with Crippen molar-refractivity contribution in [2.24, 2.45) is 0 Å². The summed E-state index contributed by atoms with van der Waals surface area (Å²) in [6.07, 6.45) is 2.31. The molecule has 1 fully saturated rings. The maximum absolute atomic E-state index is 9.48. The van der Waals surface area contributed by atoms with Gasteiger partial charge >= 0.3 is 0 Å². The average Bonchev–Trinajstić information content (AvgIpc) is 2.53. The molecule has 2 aromatic rings. The van der Waals surface area contributed by atoms with Crippen LogP contribution in [0.5, 0.6) is 5.75 Å². The zero-order valence-corrected chi connectivity index (χ0v) is 14.3. The lowest BCUT2D eigenvalue weighted by molar-refractivity contribution is 0.0731. The third-order valence-electron chi connectivity index (χ3n) is 4.36. The first-order chi connectivity index (χ1) is 11.7. The monoisotopic (exact) mass is 327 g/mol. The number of nitrogens with one attached hydrogen (secondary N) is 1. The molecule has 0 spiro atoms. The lowest BCUT2D eigenvalue weighted by Gasteiger charge is -2.31. The predicted octanol–water partition coefficient (Wildman–Crippen LogP) is 3.08. The van der Waals surface area contributed by atoms with Gasteiger partial charge in [0.15, 0.2) is 0 Å². The Labute approximate surface area is 143 Å². The van der Waals surface area contributed by atoms with Crippen LogP contribution in [0.25, 0.3) is 0 Å². The Kier molecular flexibility index (Phi) is 5.30. The number of aliphatic hydroxyl groups is 1. The van der Waals surface area contributed by atoms with Gasteiger partial charge in [-0.1, -0.05) is 18.2 Å². The van der Waals surface area contributed by atoms with E-state index >= 15 is 0 Å². The van der Waals surface area contributed by atoms with Crippen LogP contribution in [-0.2, 0) is 6.42 Å². The van der Waals surface area contributed by atoms with Gasteiger partial charge in [0.1, 0.15) is 17.4 Å². The minimum absolute atomic E-state index is 0.170. The number of ether oxygens (including phenoxy) is 1. The number of rotatable bonds is 7. The van der Waals surface area contributed by atoms with Gasteiger partial charge in [-0.05, 0) is 44.7 Å². The van der Waals surface area contributed by atoms with Gasteiger partial charge < -0.3 is 15.2 Å². The number of aromatic nitrogens is 2. The van der Waals surface area contributed by atoms with Crippen molar-refractivity contribution in [3.8, 4) is 5.75 Å². The highest BCUT2D eigenvalue weighted by molar-refractivity contribution is 5.39. The third-order valence-corrected chi connectivity index (χ3v) is 4.36. The van der Waals surface area contributed by atoms with Gasteiger partial charge in [-0.2, -0.15) is 0 Å². The molecular formula is C19H25N3O2. The largest absolute Gasteiger partial charge is 0.494 e. The zero-order chi connectivity index (χ0) is 16.9. The number of nitrogens with zero attached hydrogens (tertiary/aromatic N) is 2. The normalized spacial score (nSPS) is 19.6. The molecule has 1 aromatic carbocycles. The molecular weight excluding hydrogens is 302 g/mol. The molecule has 0 amide bonds. The first kappa shape index (κ1) is 16.7. The Balaban J connectivity index is 1.61. The molecule has 0 radical (unpaired) electrons. The van der Waals surface area contributed by atoms with Crippen LogP contribution in [0.2, 0.25) is 0 Å². The van der Waals surface area contributed by atoms with Crippen molar-refractivity contribution in [3.05, 3.63) is 47.4 Å². The summed E-state index contributed by atoms with van der Waals surface area (Å²) in [6, 6.07) is 10.1. The van der Waals surface area contributed by atoms with Crippen molar-refractivity contribution in [1.82, 2.24) is 9.97 Å². The Morgan fingerprint density at radius 2 is 2.04 bits per heavy atom. The smallest absolute Gasteiger partial charge is 0.129 e. The number of aliphatic hydroxyl groups excluding tert-OH is 1. The topological polar surface area (TPSA) is 67.3 Å². The van der Waals surface area contributed by atoms with Crippen LogP contribution in [-0.4, -0.2) is 34.3 Å². The maximum Gasteiger partial charge on any atom is 0.129 e.